The summed E-state index contributed by atoms with van der Waals surface area (Å²) in [5, 5.41) is 0. The summed E-state index contributed by atoms with van der Waals surface area (Å²) in [6.45, 7) is 0. The molecule has 1 fully saturated rings. The Labute approximate surface area is 60.7 Å². The minimum atomic E-state index is 0.638. The summed E-state index contributed by atoms with van der Waals surface area (Å²) < 4.78 is 11.1. The highest BCUT2D eigenvalue weighted by atomic mass is 32.2. The van der Waals surface area contributed by atoms with E-state index in [0.717, 1.165) is 15.0 Å². The summed E-state index contributed by atoms with van der Waals surface area (Å²) in [5.41, 5.74) is 0. The van der Waals surface area contributed by atoms with E-state index in [1.807, 2.05) is 0 Å². The van der Waals surface area contributed by atoms with Crippen molar-refractivity contribution >= 4 is 38.3 Å². The molecule has 4 heteroatoms. The van der Waals surface area contributed by atoms with Crippen LogP contribution in [-0.2, 0) is 11.3 Å². The number of hydrogen-bond acceptors (Lipinski definition) is 3. The Morgan fingerprint density at radius 1 is 1.38 bits per heavy atom. The second-order valence-electron chi connectivity index (χ2n) is 1.38. The fourth-order valence-electron chi connectivity index (χ4n) is 0.460. The van der Waals surface area contributed by atoms with Crippen LogP contribution in [0.2, 0.25) is 0 Å². The Kier molecular flexibility index (Phi) is 3.00. The van der Waals surface area contributed by atoms with Gasteiger partial charge in [0.1, 0.15) is 14.8 Å². The van der Waals surface area contributed by atoms with E-state index < -0.39 is 0 Å². The summed E-state index contributed by atoms with van der Waals surface area (Å²) in [7, 11) is 0. The number of hydrogen-bond donors (Lipinski definition) is 0. The molecule has 8 heavy (non-hydrogen) atoms. The van der Waals surface area contributed by atoms with E-state index in [9.17, 15) is 4.21 Å². The highest BCUT2D eigenvalue weighted by Gasteiger charge is 2.05. The van der Waals surface area contributed by atoms with E-state index in [1.54, 1.807) is 23.5 Å². The van der Waals surface area contributed by atoms with Crippen LogP contribution in [0.4, 0.5) is 0 Å². The van der Waals surface area contributed by atoms with Gasteiger partial charge in [0.25, 0.3) is 0 Å². The van der Waals surface area contributed by atoms with Crippen LogP contribution in [0.25, 0.3) is 0 Å². The molecule has 0 amide bonds. The van der Waals surface area contributed by atoms with E-state index in [1.165, 1.54) is 6.42 Å². The normalized spacial score (nSPS) is 20.8. The van der Waals surface area contributed by atoms with Gasteiger partial charge in [-0.1, -0.05) is 0 Å². The van der Waals surface area contributed by atoms with Crippen molar-refractivity contribution in [3.8, 4) is 0 Å². The van der Waals surface area contributed by atoms with E-state index in [0.29, 0.717) is 11.3 Å². The molecule has 0 atom stereocenters. The predicted octanol–water partition coefficient (Wildman–Crippen LogP) is 1.16. The van der Waals surface area contributed by atoms with Crippen LogP contribution in [0, 0.1) is 0 Å². The molecule has 1 rings (SSSR count). The molecule has 0 aromatic heterocycles. The maximum Gasteiger partial charge on any atom is 0.134 e. The van der Waals surface area contributed by atoms with Crippen molar-refractivity contribution < 1.29 is 4.21 Å². The Morgan fingerprint density at radius 3 is 2.38 bits per heavy atom. The molecule has 0 bridgehead atoms. The van der Waals surface area contributed by atoms with Gasteiger partial charge in [0.15, 0.2) is 0 Å². The summed E-state index contributed by atoms with van der Waals surface area (Å²) in [6, 6.07) is 0. The van der Waals surface area contributed by atoms with Crippen LogP contribution in [0.15, 0.2) is 0 Å². The van der Waals surface area contributed by atoms with Crippen molar-refractivity contribution in [3.63, 3.8) is 0 Å². The van der Waals surface area contributed by atoms with Crippen molar-refractivity contribution in [1.82, 2.24) is 0 Å². The van der Waals surface area contributed by atoms with Crippen LogP contribution in [-0.4, -0.2) is 19.2 Å². The van der Waals surface area contributed by atoms with Gasteiger partial charge in [0, 0.05) is 11.5 Å². The SMILES string of the molecule is O=S=C1SCCCS1. The minimum Gasteiger partial charge on any atom is -0.211 e. The van der Waals surface area contributed by atoms with Gasteiger partial charge in [-0.2, -0.15) is 0 Å². The van der Waals surface area contributed by atoms with Crippen molar-refractivity contribution in [1.29, 1.82) is 0 Å². The fourth-order valence-corrected chi connectivity index (χ4v) is 3.27. The summed E-state index contributed by atoms with van der Waals surface area (Å²) in [5.74, 6) is 2.27. The van der Waals surface area contributed by atoms with Crippen LogP contribution in [0.3, 0.4) is 0 Å². The van der Waals surface area contributed by atoms with Gasteiger partial charge in [-0.05, 0) is 6.42 Å². The molecule has 1 aliphatic rings. The maximum absolute atomic E-state index is 10.1. The highest BCUT2D eigenvalue weighted by Crippen LogP contribution is 2.22. The third kappa shape index (κ3) is 1.84. The standard InChI is InChI=1S/C4H6OS3/c5-8-4-6-2-1-3-7-4/h1-3H2. The lowest BCUT2D eigenvalue weighted by atomic mass is 10.6. The summed E-state index contributed by atoms with van der Waals surface area (Å²) in [6.07, 6.45) is 1.25. The third-order valence-electron chi connectivity index (χ3n) is 0.797. The second-order valence-corrected chi connectivity index (χ2v) is 4.94. The maximum atomic E-state index is 10.1. The van der Waals surface area contributed by atoms with E-state index in [-0.39, 0.29) is 0 Å². The molecule has 1 aliphatic heterocycles. The van der Waals surface area contributed by atoms with E-state index >= 15 is 0 Å². The molecular weight excluding hydrogens is 160 g/mol. The van der Waals surface area contributed by atoms with Gasteiger partial charge < -0.3 is 0 Å². The first-order chi connectivity index (χ1) is 3.93. The van der Waals surface area contributed by atoms with Crippen molar-refractivity contribution in [3.05, 3.63) is 0 Å². The molecule has 0 N–H and O–H groups in total. The first-order valence-corrected chi connectivity index (χ1v) is 5.07. The second kappa shape index (κ2) is 3.58. The lowest BCUT2D eigenvalue weighted by Gasteiger charge is -2.06. The fraction of sp³-hybridized carbons (Fsp3) is 0.750. The largest absolute Gasteiger partial charge is 0.211 e. The molecule has 0 aromatic rings. The van der Waals surface area contributed by atoms with Crippen molar-refractivity contribution in [2.24, 2.45) is 0 Å². The van der Waals surface area contributed by atoms with Gasteiger partial charge in [0.2, 0.25) is 0 Å². The van der Waals surface area contributed by atoms with Crippen molar-refractivity contribution in [2.45, 2.75) is 6.42 Å². The number of rotatable bonds is 0. The molecule has 0 saturated carbocycles. The lowest BCUT2D eigenvalue weighted by Crippen LogP contribution is -1.98. The Bertz CT molecular complexity index is 119. The van der Waals surface area contributed by atoms with E-state index in [4.69, 9.17) is 0 Å². The molecule has 0 spiro atoms. The quantitative estimate of drug-likeness (QED) is 0.503. The van der Waals surface area contributed by atoms with E-state index in [2.05, 4.69) is 0 Å². The third-order valence-corrected chi connectivity index (χ3v) is 4.21. The molecule has 1 heterocycles. The zero-order chi connectivity index (χ0) is 5.82. The summed E-state index contributed by atoms with van der Waals surface area (Å²) >= 11 is 4.02. The van der Waals surface area contributed by atoms with Crippen LogP contribution in [0.1, 0.15) is 6.42 Å². The molecular formula is C4H6OS3. The molecule has 0 aliphatic carbocycles. The topological polar surface area (TPSA) is 17.1 Å². The van der Waals surface area contributed by atoms with Crippen LogP contribution in [0.5, 0.6) is 0 Å². The zero-order valence-corrected chi connectivity index (χ0v) is 6.70. The molecule has 0 aromatic carbocycles. The van der Waals surface area contributed by atoms with Gasteiger partial charge in [-0.25, -0.2) is 4.21 Å². The average Bonchev–Trinajstić information content (AvgIpc) is 1.90. The van der Waals surface area contributed by atoms with Gasteiger partial charge >= 0.3 is 0 Å². The first-order valence-electron chi connectivity index (χ1n) is 2.36. The van der Waals surface area contributed by atoms with Crippen LogP contribution < -0.4 is 0 Å². The van der Waals surface area contributed by atoms with Gasteiger partial charge in [-0.15, -0.1) is 23.5 Å². The van der Waals surface area contributed by atoms with Gasteiger partial charge in [-0.3, -0.25) is 0 Å². The van der Waals surface area contributed by atoms with Crippen LogP contribution >= 0.6 is 23.5 Å². The molecule has 1 nitrogen and oxygen atoms in total. The monoisotopic (exact) mass is 166 g/mol. The molecule has 0 unspecified atom stereocenters. The first kappa shape index (κ1) is 6.71. The molecule has 1 saturated heterocycles. The lowest BCUT2D eigenvalue weighted by molar-refractivity contribution is 0.701. The minimum absolute atomic E-state index is 0.638. The predicted molar refractivity (Wildman–Crippen MR) is 42.7 cm³/mol. The Balaban J connectivity index is 2.45. The average molecular weight is 166 g/mol. The zero-order valence-electron chi connectivity index (χ0n) is 4.25. The van der Waals surface area contributed by atoms with Gasteiger partial charge in [0.05, 0.1) is 0 Å². The number of thioether (sulfide) groups is 2. The smallest absolute Gasteiger partial charge is 0.134 e. The molecule has 0 radical (unpaired) electrons. The Hall–Kier alpha value is 0.590. The van der Waals surface area contributed by atoms with Crippen molar-refractivity contribution in [2.75, 3.05) is 11.5 Å². The summed E-state index contributed by atoms with van der Waals surface area (Å²) in [4.78, 5) is 0. The highest BCUT2D eigenvalue weighted by molar-refractivity contribution is 8.46. The Morgan fingerprint density at radius 2 is 2.00 bits per heavy atom. The molecule has 46 valence electrons.